The predicted octanol–water partition coefficient (Wildman–Crippen LogP) is 3.72. The molecular weight excluding hydrogens is 261 g/mol. The third-order valence-corrected chi connectivity index (χ3v) is 2.53. The Kier molecular flexibility index (Phi) is 4.33. The van der Waals surface area contributed by atoms with Crippen LogP contribution in [0.3, 0.4) is 0 Å². The van der Waals surface area contributed by atoms with Crippen LogP contribution in [0.1, 0.15) is 12.1 Å². The van der Waals surface area contributed by atoms with Gasteiger partial charge in [0.25, 0.3) is 0 Å². The summed E-state index contributed by atoms with van der Waals surface area (Å²) in [5.74, 6) is 0. The molecule has 0 saturated carbocycles. The van der Waals surface area contributed by atoms with Crippen LogP contribution >= 0.6 is 39.1 Å². The molecular formula is C8H8BrCl2N. The zero-order chi connectivity index (χ0) is 8.97. The Morgan fingerprint density at radius 2 is 2.17 bits per heavy atom. The molecule has 0 fully saturated rings. The summed E-state index contributed by atoms with van der Waals surface area (Å²) in [6.45, 7) is 0. The summed E-state index contributed by atoms with van der Waals surface area (Å²) in [5, 5.41) is 2.21. The van der Waals surface area contributed by atoms with Gasteiger partial charge in [-0.2, -0.15) is 0 Å². The highest BCUT2D eigenvalue weighted by Gasteiger charge is 2.01. The molecule has 12 heavy (non-hydrogen) atoms. The van der Waals surface area contributed by atoms with Crippen LogP contribution in [0, 0.1) is 0 Å². The topological polar surface area (TPSA) is 12.9 Å². The highest BCUT2D eigenvalue weighted by atomic mass is 79.9. The Labute approximate surface area is 90.2 Å². The number of aromatic nitrogens is 1. The fraction of sp³-hybridized carbons (Fsp3) is 0.375. The van der Waals surface area contributed by atoms with Gasteiger partial charge in [-0.15, -0.1) is 0 Å². The summed E-state index contributed by atoms with van der Waals surface area (Å²) < 4.78 is 0. The summed E-state index contributed by atoms with van der Waals surface area (Å²) in [6.07, 6.45) is 3.55. The van der Waals surface area contributed by atoms with E-state index in [1.165, 1.54) is 0 Å². The van der Waals surface area contributed by atoms with Gasteiger partial charge in [-0.25, -0.2) is 0 Å². The van der Waals surface area contributed by atoms with Crippen LogP contribution in [0.25, 0.3) is 0 Å². The molecule has 0 aliphatic heterocycles. The third-order valence-electron chi connectivity index (χ3n) is 1.43. The first-order chi connectivity index (χ1) is 5.74. The van der Waals surface area contributed by atoms with Crippen molar-refractivity contribution < 1.29 is 0 Å². The van der Waals surface area contributed by atoms with Crippen molar-refractivity contribution in [1.82, 2.24) is 4.98 Å². The van der Waals surface area contributed by atoms with E-state index in [1.807, 2.05) is 0 Å². The molecule has 0 aromatic carbocycles. The van der Waals surface area contributed by atoms with E-state index in [9.17, 15) is 0 Å². The third kappa shape index (κ3) is 2.92. The van der Waals surface area contributed by atoms with Gasteiger partial charge in [-0.05, 0) is 18.9 Å². The fourth-order valence-corrected chi connectivity index (χ4v) is 1.62. The molecule has 1 heterocycles. The smallest absolute Gasteiger partial charge is 0.0636 e. The molecule has 0 spiro atoms. The van der Waals surface area contributed by atoms with E-state index in [2.05, 4.69) is 20.9 Å². The molecule has 0 N–H and O–H groups in total. The van der Waals surface area contributed by atoms with Crippen LogP contribution in [-0.4, -0.2) is 10.3 Å². The first kappa shape index (κ1) is 10.3. The summed E-state index contributed by atoms with van der Waals surface area (Å²) in [4.78, 5) is 4.13. The molecule has 1 nitrogen and oxygen atoms in total. The van der Waals surface area contributed by atoms with Crippen molar-refractivity contribution in [3.63, 3.8) is 0 Å². The zero-order valence-electron chi connectivity index (χ0n) is 6.36. The van der Waals surface area contributed by atoms with E-state index in [0.29, 0.717) is 10.0 Å². The van der Waals surface area contributed by atoms with E-state index in [4.69, 9.17) is 23.2 Å². The van der Waals surface area contributed by atoms with Gasteiger partial charge >= 0.3 is 0 Å². The van der Waals surface area contributed by atoms with Crippen molar-refractivity contribution in [3.8, 4) is 0 Å². The summed E-state index contributed by atoms with van der Waals surface area (Å²) in [5.41, 5.74) is 0.917. The standard InChI is InChI=1S/C8H8BrCl2N/c9-3-1-2-8-7(11)4-6(10)5-12-8/h4-5H,1-3H2. The predicted molar refractivity (Wildman–Crippen MR) is 56.4 cm³/mol. The number of nitrogens with zero attached hydrogens (tertiary/aromatic N) is 1. The van der Waals surface area contributed by atoms with Gasteiger partial charge in [0.2, 0.25) is 0 Å². The molecule has 0 radical (unpaired) electrons. The molecule has 0 amide bonds. The highest BCUT2D eigenvalue weighted by molar-refractivity contribution is 9.09. The lowest BCUT2D eigenvalue weighted by atomic mass is 10.2. The zero-order valence-corrected chi connectivity index (χ0v) is 9.45. The van der Waals surface area contributed by atoms with Crippen molar-refractivity contribution >= 4 is 39.1 Å². The molecule has 0 aliphatic carbocycles. The molecule has 66 valence electrons. The SMILES string of the molecule is Clc1cnc(CCCBr)c(Cl)c1. The second kappa shape index (κ2) is 5.05. The maximum Gasteiger partial charge on any atom is 0.0636 e. The Balaban J connectivity index is 2.72. The Bertz CT molecular complexity index is 265. The summed E-state index contributed by atoms with van der Waals surface area (Å²) in [7, 11) is 0. The van der Waals surface area contributed by atoms with Gasteiger partial charge in [-0.1, -0.05) is 39.1 Å². The molecule has 0 unspecified atom stereocenters. The van der Waals surface area contributed by atoms with Crippen molar-refractivity contribution in [2.45, 2.75) is 12.8 Å². The Morgan fingerprint density at radius 3 is 2.75 bits per heavy atom. The molecule has 0 bridgehead atoms. The largest absolute Gasteiger partial charge is 0.258 e. The highest BCUT2D eigenvalue weighted by Crippen LogP contribution is 2.19. The lowest BCUT2D eigenvalue weighted by molar-refractivity contribution is 0.897. The van der Waals surface area contributed by atoms with E-state index >= 15 is 0 Å². The lowest BCUT2D eigenvalue weighted by Crippen LogP contribution is -1.91. The number of hydrogen-bond donors (Lipinski definition) is 0. The number of halogens is 3. The van der Waals surface area contributed by atoms with Crippen LogP contribution < -0.4 is 0 Å². The number of rotatable bonds is 3. The molecule has 4 heteroatoms. The Morgan fingerprint density at radius 1 is 1.42 bits per heavy atom. The molecule has 0 atom stereocenters. The second-order valence-corrected chi connectivity index (χ2v) is 4.01. The van der Waals surface area contributed by atoms with Gasteiger partial charge in [-0.3, -0.25) is 4.98 Å². The van der Waals surface area contributed by atoms with E-state index in [1.54, 1.807) is 12.3 Å². The monoisotopic (exact) mass is 267 g/mol. The van der Waals surface area contributed by atoms with Gasteiger partial charge in [0, 0.05) is 11.5 Å². The van der Waals surface area contributed by atoms with Crippen LogP contribution in [0.4, 0.5) is 0 Å². The number of pyridine rings is 1. The second-order valence-electron chi connectivity index (χ2n) is 2.37. The van der Waals surface area contributed by atoms with E-state index < -0.39 is 0 Å². The van der Waals surface area contributed by atoms with Crippen LogP contribution in [0.2, 0.25) is 10.0 Å². The minimum absolute atomic E-state index is 0.586. The summed E-state index contributed by atoms with van der Waals surface area (Å²) >= 11 is 14.9. The van der Waals surface area contributed by atoms with Gasteiger partial charge in [0.15, 0.2) is 0 Å². The van der Waals surface area contributed by atoms with Crippen molar-refractivity contribution in [1.29, 1.82) is 0 Å². The van der Waals surface area contributed by atoms with Gasteiger partial charge in [0.05, 0.1) is 15.7 Å². The van der Waals surface area contributed by atoms with Gasteiger partial charge in [0.1, 0.15) is 0 Å². The molecule has 1 rings (SSSR count). The number of alkyl halides is 1. The molecule has 0 aliphatic rings. The first-order valence-corrected chi connectivity index (χ1v) is 5.47. The maximum atomic E-state index is 5.90. The van der Waals surface area contributed by atoms with Crippen LogP contribution in [0.5, 0.6) is 0 Å². The maximum absolute atomic E-state index is 5.90. The average Bonchev–Trinajstić information content (AvgIpc) is 2.03. The molecule has 0 saturated heterocycles. The Hall–Kier alpha value is 0.210. The molecule has 1 aromatic heterocycles. The van der Waals surface area contributed by atoms with Gasteiger partial charge < -0.3 is 0 Å². The van der Waals surface area contributed by atoms with Crippen LogP contribution in [-0.2, 0) is 6.42 Å². The van der Waals surface area contributed by atoms with E-state index in [0.717, 1.165) is 23.9 Å². The number of aryl methyl sites for hydroxylation is 1. The van der Waals surface area contributed by atoms with Crippen molar-refractivity contribution in [2.24, 2.45) is 0 Å². The van der Waals surface area contributed by atoms with Crippen molar-refractivity contribution in [3.05, 3.63) is 28.0 Å². The number of hydrogen-bond acceptors (Lipinski definition) is 1. The normalized spacial score (nSPS) is 10.2. The average molecular weight is 269 g/mol. The first-order valence-electron chi connectivity index (χ1n) is 3.60. The minimum atomic E-state index is 0.586. The van der Waals surface area contributed by atoms with E-state index in [-0.39, 0.29) is 0 Å². The fourth-order valence-electron chi connectivity index (χ4n) is 0.861. The summed E-state index contributed by atoms with van der Waals surface area (Å²) in [6, 6.07) is 1.72. The quantitative estimate of drug-likeness (QED) is 0.762. The minimum Gasteiger partial charge on any atom is -0.258 e. The van der Waals surface area contributed by atoms with Crippen molar-refractivity contribution in [2.75, 3.05) is 5.33 Å². The molecule has 1 aromatic rings. The van der Waals surface area contributed by atoms with Crippen LogP contribution in [0.15, 0.2) is 12.3 Å². The lowest BCUT2D eigenvalue weighted by Gasteiger charge is -2.01.